The van der Waals surface area contributed by atoms with E-state index in [1.165, 1.54) is 43.4 Å². The van der Waals surface area contributed by atoms with Crippen LogP contribution < -0.4 is 10.6 Å². The van der Waals surface area contributed by atoms with Gasteiger partial charge in [0.1, 0.15) is 0 Å². The number of hydrogen-bond acceptors (Lipinski definition) is 4. The van der Waals surface area contributed by atoms with E-state index in [1.54, 1.807) is 0 Å². The molecule has 2 bridgehead atoms. The monoisotopic (exact) mass is 544 g/mol. The Bertz CT molecular complexity index is 660. The number of aliphatic imine (C=N–C) groups is 1. The van der Waals surface area contributed by atoms with Gasteiger partial charge in [0.25, 0.3) is 0 Å². The molecule has 2 saturated carbocycles. The maximum absolute atomic E-state index is 12.8. The molecule has 4 unspecified atom stereocenters. The highest BCUT2D eigenvalue weighted by Crippen LogP contribution is 2.52. The van der Waals surface area contributed by atoms with Gasteiger partial charge in [-0.05, 0) is 38.0 Å². The highest BCUT2D eigenvalue weighted by atomic mass is 127. The Morgan fingerprint density at radius 2 is 1.71 bits per heavy atom. The van der Waals surface area contributed by atoms with Crippen LogP contribution >= 0.6 is 24.0 Å². The second-order valence-electron chi connectivity index (χ2n) is 9.00. The van der Waals surface area contributed by atoms with Crippen LogP contribution in [0, 0.1) is 23.7 Å². The zero-order valence-electron chi connectivity index (χ0n) is 18.6. The molecule has 1 saturated heterocycles. The molecule has 31 heavy (non-hydrogen) atoms. The second kappa shape index (κ2) is 11.6. The molecule has 4 atom stereocenters. The summed E-state index contributed by atoms with van der Waals surface area (Å²) < 4.78 is 6.01. The van der Waals surface area contributed by atoms with E-state index in [1.807, 2.05) is 6.92 Å². The number of imide groups is 1. The minimum Gasteiger partial charge on any atom is -0.376 e. The van der Waals surface area contributed by atoms with Crippen molar-refractivity contribution < 1.29 is 14.3 Å². The molecular weight excluding hydrogens is 507 g/mol. The third kappa shape index (κ3) is 5.61. The van der Waals surface area contributed by atoms with Crippen molar-refractivity contribution in [3.8, 4) is 0 Å². The molecule has 4 rings (SSSR count). The smallest absolute Gasteiger partial charge is 0.233 e. The minimum atomic E-state index is -0.115. The van der Waals surface area contributed by atoms with Crippen molar-refractivity contribution in [3.63, 3.8) is 0 Å². The second-order valence-corrected chi connectivity index (χ2v) is 9.00. The van der Waals surface area contributed by atoms with Gasteiger partial charge in [-0.15, -0.1) is 24.0 Å². The molecule has 8 heteroatoms. The van der Waals surface area contributed by atoms with Gasteiger partial charge in [0.05, 0.1) is 31.1 Å². The molecule has 2 amide bonds. The van der Waals surface area contributed by atoms with Crippen LogP contribution in [0.5, 0.6) is 0 Å². The molecule has 2 N–H and O–H groups in total. The third-order valence-corrected chi connectivity index (χ3v) is 7.05. The first kappa shape index (κ1) is 24.5. The number of fused-ring (bicyclic) bond motifs is 5. The van der Waals surface area contributed by atoms with Crippen molar-refractivity contribution in [1.29, 1.82) is 0 Å². The first-order chi connectivity index (χ1) is 14.7. The standard InChI is InChI=1S/C23H36N4O3.HI/c1-2-24-23(26-12-14-30-18-7-5-3-4-6-8-18)25-11-13-27-21(28)19-16-9-10-17(15-16)20(19)22(27)29;/h9-10,16-20H,2-8,11-15H2,1H3,(H2,24,25,26);1H. The topological polar surface area (TPSA) is 83.0 Å². The van der Waals surface area contributed by atoms with Crippen LogP contribution in [0.2, 0.25) is 0 Å². The van der Waals surface area contributed by atoms with Gasteiger partial charge in [-0.3, -0.25) is 19.5 Å². The summed E-state index contributed by atoms with van der Waals surface area (Å²) in [6.45, 7) is 4.92. The van der Waals surface area contributed by atoms with E-state index in [4.69, 9.17) is 4.74 Å². The van der Waals surface area contributed by atoms with Gasteiger partial charge >= 0.3 is 0 Å². The number of ether oxygens (including phenoxy) is 1. The van der Waals surface area contributed by atoms with E-state index >= 15 is 0 Å². The quantitative estimate of drug-likeness (QED) is 0.0935. The number of guanidine groups is 1. The Morgan fingerprint density at radius 3 is 2.32 bits per heavy atom. The summed E-state index contributed by atoms with van der Waals surface area (Å²) in [5.41, 5.74) is 0. The van der Waals surface area contributed by atoms with Crippen LogP contribution in [-0.2, 0) is 14.3 Å². The number of nitrogens with one attached hydrogen (secondary N) is 2. The zero-order valence-corrected chi connectivity index (χ0v) is 20.9. The Morgan fingerprint density at radius 1 is 1.06 bits per heavy atom. The summed E-state index contributed by atoms with van der Waals surface area (Å²) in [5.74, 6) is 1.04. The zero-order chi connectivity index (χ0) is 20.9. The Hall–Kier alpha value is -1.16. The van der Waals surface area contributed by atoms with Gasteiger partial charge in [-0.2, -0.15) is 0 Å². The number of rotatable bonds is 8. The van der Waals surface area contributed by atoms with Gasteiger partial charge in [0.15, 0.2) is 5.96 Å². The maximum Gasteiger partial charge on any atom is 0.233 e. The first-order valence-corrected chi connectivity index (χ1v) is 11.9. The van der Waals surface area contributed by atoms with E-state index in [0.717, 1.165) is 13.0 Å². The lowest BCUT2D eigenvalue weighted by Crippen LogP contribution is -2.43. The van der Waals surface area contributed by atoms with Crippen molar-refractivity contribution in [2.24, 2.45) is 28.7 Å². The predicted molar refractivity (Wildman–Crippen MR) is 131 cm³/mol. The number of halogens is 1. The van der Waals surface area contributed by atoms with Crippen molar-refractivity contribution in [2.75, 3.05) is 32.8 Å². The number of carbonyl (C=O) groups is 2. The fourth-order valence-corrected chi connectivity index (χ4v) is 5.60. The number of likely N-dealkylation sites (tertiary alicyclic amines) is 1. The summed E-state index contributed by atoms with van der Waals surface area (Å²) in [6, 6.07) is 0. The Kier molecular flexibility index (Phi) is 9.18. The first-order valence-electron chi connectivity index (χ1n) is 11.9. The molecule has 1 aliphatic heterocycles. The highest BCUT2D eigenvalue weighted by Gasteiger charge is 2.58. The normalized spacial score (nSPS) is 30.4. The van der Waals surface area contributed by atoms with E-state index in [0.29, 0.717) is 38.3 Å². The number of allylic oxidation sites excluding steroid dienone is 2. The van der Waals surface area contributed by atoms with Gasteiger partial charge in [0.2, 0.25) is 11.8 Å². The molecule has 4 aliphatic rings. The fourth-order valence-electron chi connectivity index (χ4n) is 5.60. The molecule has 3 fully saturated rings. The maximum atomic E-state index is 12.8. The Balaban J connectivity index is 0.00000272. The van der Waals surface area contributed by atoms with E-state index < -0.39 is 0 Å². The van der Waals surface area contributed by atoms with Gasteiger partial charge in [-0.25, -0.2) is 0 Å². The van der Waals surface area contributed by atoms with Crippen LogP contribution in [0.1, 0.15) is 51.9 Å². The molecule has 7 nitrogen and oxygen atoms in total. The van der Waals surface area contributed by atoms with Crippen LogP contribution in [0.15, 0.2) is 17.1 Å². The largest absolute Gasteiger partial charge is 0.376 e. The lowest BCUT2D eigenvalue weighted by atomic mass is 9.85. The molecule has 174 valence electrons. The van der Waals surface area contributed by atoms with Crippen LogP contribution in [-0.4, -0.2) is 61.6 Å². The molecule has 0 aromatic rings. The fraction of sp³-hybridized carbons (Fsp3) is 0.783. The average molecular weight is 544 g/mol. The highest BCUT2D eigenvalue weighted by molar-refractivity contribution is 14.0. The molecular formula is C23H37IN4O3. The summed E-state index contributed by atoms with van der Waals surface area (Å²) in [7, 11) is 0. The SMILES string of the molecule is CCNC(=NCCOC1CCCCCC1)NCCN1C(=O)C2C3C=CC(C3)C2C1=O.I. The lowest BCUT2D eigenvalue weighted by molar-refractivity contribution is -0.140. The third-order valence-electron chi connectivity index (χ3n) is 7.05. The van der Waals surface area contributed by atoms with Crippen LogP contribution in [0.4, 0.5) is 0 Å². The molecule has 0 aromatic heterocycles. The summed E-state index contributed by atoms with van der Waals surface area (Å²) in [5, 5.41) is 6.49. The number of carbonyl (C=O) groups excluding carboxylic acids is 2. The van der Waals surface area contributed by atoms with Crippen LogP contribution in [0.25, 0.3) is 0 Å². The molecule has 0 aromatic carbocycles. The van der Waals surface area contributed by atoms with Crippen molar-refractivity contribution >= 4 is 41.8 Å². The molecule has 3 aliphatic carbocycles. The summed E-state index contributed by atoms with van der Waals surface area (Å²) in [4.78, 5) is 31.6. The number of hydrogen-bond donors (Lipinski definition) is 2. The minimum absolute atomic E-state index is 0. The summed E-state index contributed by atoms with van der Waals surface area (Å²) in [6.07, 6.45) is 13.1. The Labute approximate surface area is 202 Å². The average Bonchev–Trinajstić information content (AvgIpc) is 3.34. The van der Waals surface area contributed by atoms with Crippen molar-refractivity contribution in [3.05, 3.63) is 12.2 Å². The van der Waals surface area contributed by atoms with Crippen molar-refractivity contribution in [1.82, 2.24) is 15.5 Å². The molecule has 0 spiro atoms. The van der Waals surface area contributed by atoms with Gasteiger partial charge < -0.3 is 15.4 Å². The summed E-state index contributed by atoms with van der Waals surface area (Å²) >= 11 is 0. The number of amides is 2. The molecule has 1 heterocycles. The van der Waals surface area contributed by atoms with E-state index in [2.05, 4.69) is 27.8 Å². The predicted octanol–water partition coefficient (Wildman–Crippen LogP) is 2.71. The van der Waals surface area contributed by atoms with E-state index in [9.17, 15) is 9.59 Å². The van der Waals surface area contributed by atoms with Gasteiger partial charge in [-0.1, -0.05) is 37.8 Å². The van der Waals surface area contributed by atoms with Crippen molar-refractivity contribution in [2.45, 2.75) is 58.0 Å². The lowest BCUT2D eigenvalue weighted by Gasteiger charge is -2.19. The number of nitrogens with zero attached hydrogens (tertiary/aromatic N) is 2. The molecule has 0 radical (unpaired) electrons. The van der Waals surface area contributed by atoms with E-state index in [-0.39, 0.29) is 59.5 Å². The van der Waals surface area contributed by atoms with Gasteiger partial charge in [0, 0.05) is 19.6 Å². The van der Waals surface area contributed by atoms with Crippen LogP contribution in [0.3, 0.4) is 0 Å².